The summed E-state index contributed by atoms with van der Waals surface area (Å²) in [6, 6.07) is 7.79. The molecule has 0 spiro atoms. The van der Waals surface area contributed by atoms with Crippen LogP contribution in [-0.2, 0) is 4.79 Å². The Kier molecular flexibility index (Phi) is 5.92. The van der Waals surface area contributed by atoms with E-state index in [4.69, 9.17) is 4.74 Å². The van der Waals surface area contributed by atoms with Gasteiger partial charge in [-0.15, -0.1) is 0 Å². The molecule has 2 amide bonds. The van der Waals surface area contributed by atoms with E-state index in [0.717, 1.165) is 18.0 Å². The number of hydrogen-bond acceptors (Lipinski definition) is 4. The zero-order chi connectivity index (χ0) is 15.1. The average Bonchev–Trinajstić information content (AvgIpc) is 2.89. The molecule has 0 aromatic heterocycles. The van der Waals surface area contributed by atoms with E-state index in [2.05, 4.69) is 5.32 Å². The zero-order valence-electron chi connectivity index (χ0n) is 12.1. The molecule has 0 bridgehead atoms. The van der Waals surface area contributed by atoms with Crippen molar-refractivity contribution in [2.45, 2.75) is 13.3 Å². The van der Waals surface area contributed by atoms with Crippen LogP contribution in [0.1, 0.15) is 12.0 Å². The normalized spacial score (nSPS) is 14.3. The SMILES string of the molecule is Cc1ccc(OCCNC(=O)CCN2CCSC2=O)cc1. The highest BCUT2D eigenvalue weighted by Gasteiger charge is 2.21. The predicted octanol–water partition coefficient (Wildman–Crippen LogP) is 2.05. The van der Waals surface area contributed by atoms with Crippen LogP contribution < -0.4 is 10.1 Å². The quantitative estimate of drug-likeness (QED) is 0.783. The number of thioether (sulfide) groups is 1. The summed E-state index contributed by atoms with van der Waals surface area (Å²) in [5.74, 6) is 1.58. The molecule has 114 valence electrons. The molecule has 1 heterocycles. The van der Waals surface area contributed by atoms with Crippen molar-refractivity contribution in [1.29, 1.82) is 0 Å². The average molecular weight is 308 g/mol. The molecule has 0 unspecified atom stereocenters. The molecule has 21 heavy (non-hydrogen) atoms. The Bertz CT molecular complexity index is 490. The lowest BCUT2D eigenvalue weighted by atomic mass is 10.2. The van der Waals surface area contributed by atoms with E-state index in [9.17, 15) is 9.59 Å². The Hall–Kier alpha value is -1.69. The topological polar surface area (TPSA) is 58.6 Å². The fraction of sp³-hybridized carbons (Fsp3) is 0.467. The van der Waals surface area contributed by atoms with E-state index in [1.807, 2.05) is 31.2 Å². The number of carbonyl (C=O) groups is 2. The monoisotopic (exact) mass is 308 g/mol. The second kappa shape index (κ2) is 7.93. The van der Waals surface area contributed by atoms with Crippen LogP contribution in [0.25, 0.3) is 0 Å². The standard InChI is InChI=1S/C15H20N2O3S/c1-12-2-4-13(5-3-12)20-10-7-16-14(18)6-8-17-9-11-21-15(17)19/h2-5H,6-11H2,1H3,(H,16,18). The molecule has 1 N–H and O–H groups in total. The number of hydrogen-bond donors (Lipinski definition) is 1. The molecule has 0 aliphatic carbocycles. The van der Waals surface area contributed by atoms with Crippen LogP contribution in [0, 0.1) is 6.92 Å². The Labute approximate surface area is 129 Å². The second-order valence-corrected chi connectivity index (χ2v) is 5.91. The van der Waals surface area contributed by atoms with Crippen LogP contribution in [0.15, 0.2) is 24.3 Å². The number of nitrogens with one attached hydrogen (secondary N) is 1. The molecule has 0 radical (unpaired) electrons. The van der Waals surface area contributed by atoms with E-state index in [1.165, 1.54) is 17.3 Å². The lowest BCUT2D eigenvalue weighted by molar-refractivity contribution is -0.121. The fourth-order valence-corrected chi connectivity index (χ4v) is 2.80. The van der Waals surface area contributed by atoms with E-state index >= 15 is 0 Å². The van der Waals surface area contributed by atoms with E-state index in [-0.39, 0.29) is 11.1 Å². The Morgan fingerprint density at radius 3 is 2.81 bits per heavy atom. The fourth-order valence-electron chi connectivity index (χ4n) is 1.95. The highest BCUT2D eigenvalue weighted by Crippen LogP contribution is 2.16. The summed E-state index contributed by atoms with van der Waals surface area (Å²) in [4.78, 5) is 24.7. The van der Waals surface area contributed by atoms with Crippen molar-refractivity contribution in [1.82, 2.24) is 10.2 Å². The first-order chi connectivity index (χ1) is 10.1. The predicted molar refractivity (Wildman–Crippen MR) is 83.7 cm³/mol. The number of amides is 2. The summed E-state index contributed by atoms with van der Waals surface area (Å²) in [5.41, 5.74) is 1.19. The maximum absolute atomic E-state index is 11.7. The van der Waals surface area contributed by atoms with Crippen LogP contribution in [0.4, 0.5) is 4.79 Å². The maximum atomic E-state index is 11.7. The van der Waals surface area contributed by atoms with Gasteiger partial charge in [-0.25, -0.2) is 0 Å². The first-order valence-corrected chi connectivity index (χ1v) is 8.01. The minimum atomic E-state index is -0.0489. The molecule has 1 fully saturated rings. The molecule has 1 aliphatic heterocycles. The molecule has 0 atom stereocenters. The minimum Gasteiger partial charge on any atom is -0.492 e. The zero-order valence-corrected chi connectivity index (χ0v) is 12.9. The van der Waals surface area contributed by atoms with Gasteiger partial charge in [0.05, 0.1) is 6.54 Å². The Balaban J connectivity index is 1.56. The number of benzene rings is 1. The van der Waals surface area contributed by atoms with Crippen LogP contribution in [0.2, 0.25) is 0 Å². The highest BCUT2D eigenvalue weighted by atomic mass is 32.2. The van der Waals surface area contributed by atoms with Gasteiger partial charge >= 0.3 is 0 Å². The number of nitrogens with zero attached hydrogens (tertiary/aromatic N) is 1. The van der Waals surface area contributed by atoms with Crippen molar-refractivity contribution in [2.24, 2.45) is 0 Å². The molecule has 1 aromatic rings. The molecule has 1 aliphatic rings. The molecule has 6 heteroatoms. The molecular weight excluding hydrogens is 288 g/mol. The summed E-state index contributed by atoms with van der Waals surface area (Å²) >= 11 is 1.31. The Morgan fingerprint density at radius 2 is 2.14 bits per heavy atom. The number of carbonyl (C=O) groups excluding carboxylic acids is 2. The smallest absolute Gasteiger partial charge is 0.281 e. The van der Waals surface area contributed by atoms with Crippen molar-refractivity contribution >= 4 is 22.9 Å². The van der Waals surface area contributed by atoms with Gasteiger partial charge in [0.25, 0.3) is 5.24 Å². The summed E-state index contributed by atoms with van der Waals surface area (Å²) in [5, 5.41) is 2.87. The molecule has 0 saturated carbocycles. The van der Waals surface area contributed by atoms with Gasteiger partial charge in [0, 0.05) is 25.3 Å². The van der Waals surface area contributed by atoms with Gasteiger partial charge in [-0.1, -0.05) is 29.5 Å². The third-order valence-corrected chi connectivity index (χ3v) is 4.06. The van der Waals surface area contributed by atoms with Gasteiger partial charge < -0.3 is 15.0 Å². The van der Waals surface area contributed by atoms with Gasteiger partial charge in [0.1, 0.15) is 12.4 Å². The van der Waals surface area contributed by atoms with Crippen molar-refractivity contribution in [3.05, 3.63) is 29.8 Å². The van der Waals surface area contributed by atoms with Crippen LogP contribution in [0.3, 0.4) is 0 Å². The first-order valence-electron chi connectivity index (χ1n) is 7.03. The van der Waals surface area contributed by atoms with Crippen molar-refractivity contribution < 1.29 is 14.3 Å². The lowest BCUT2D eigenvalue weighted by Gasteiger charge is -2.14. The van der Waals surface area contributed by atoms with Crippen LogP contribution in [-0.4, -0.2) is 48.0 Å². The van der Waals surface area contributed by atoms with Crippen LogP contribution in [0.5, 0.6) is 5.75 Å². The largest absolute Gasteiger partial charge is 0.492 e. The number of rotatable bonds is 7. The van der Waals surface area contributed by atoms with Crippen molar-refractivity contribution in [2.75, 3.05) is 32.0 Å². The molecular formula is C15H20N2O3S. The summed E-state index contributed by atoms with van der Waals surface area (Å²) in [7, 11) is 0. The number of ether oxygens (including phenoxy) is 1. The van der Waals surface area contributed by atoms with Crippen molar-refractivity contribution in [3.63, 3.8) is 0 Å². The Morgan fingerprint density at radius 1 is 1.38 bits per heavy atom. The third-order valence-electron chi connectivity index (χ3n) is 3.17. The van der Waals surface area contributed by atoms with E-state index < -0.39 is 0 Å². The number of aryl methyl sites for hydroxylation is 1. The molecule has 5 nitrogen and oxygen atoms in total. The molecule has 2 rings (SSSR count). The summed E-state index contributed by atoms with van der Waals surface area (Å²) in [6.45, 7) is 4.17. The van der Waals surface area contributed by atoms with Crippen LogP contribution >= 0.6 is 11.8 Å². The molecule has 1 saturated heterocycles. The van der Waals surface area contributed by atoms with E-state index in [1.54, 1.807) is 4.90 Å². The summed E-state index contributed by atoms with van der Waals surface area (Å²) < 4.78 is 5.52. The first kappa shape index (κ1) is 15.7. The second-order valence-electron chi connectivity index (χ2n) is 4.86. The van der Waals surface area contributed by atoms with Gasteiger partial charge in [-0.2, -0.15) is 0 Å². The third kappa shape index (κ3) is 5.30. The van der Waals surface area contributed by atoms with E-state index in [0.29, 0.717) is 26.1 Å². The van der Waals surface area contributed by atoms with Gasteiger partial charge in [-0.3, -0.25) is 9.59 Å². The van der Waals surface area contributed by atoms with Crippen molar-refractivity contribution in [3.8, 4) is 5.75 Å². The van der Waals surface area contributed by atoms with Gasteiger partial charge in [0.2, 0.25) is 5.91 Å². The minimum absolute atomic E-state index is 0.0489. The highest BCUT2D eigenvalue weighted by molar-refractivity contribution is 8.13. The lowest BCUT2D eigenvalue weighted by Crippen LogP contribution is -2.32. The molecule has 1 aromatic carbocycles. The maximum Gasteiger partial charge on any atom is 0.281 e. The van der Waals surface area contributed by atoms with Gasteiger partial charge in [-0.05, 0) is 19.1 Å². The van der Waals surface area contributed by atoms with Gasteiger partial charge in [0.15, 0.2) is 0 Å². The summed E-state index contributed by atoms with van der Waals surface area (Å²) in [6.07, 6.45) is 0.344.